The molecule has 1 fully saturated rings. The third-order valence-corrected chi connectivity index (χ3v) is 7.15. The Balaban J connectivity index is 1.82. The standard InChI is InChI=1S/C16H20N2O3S2/c1-10-7-11(2)13(4)15(12(10)3)23(19,20)18-8-14(9-18)21-16-17-5-6-22-16/h5-7,14H,8-9H2,1-4H3. The summed E-state index contributed by atoms with van der Waals surface area (Å²) in [6.45, 7) is 8.38. The van der Waals surface area contributed by atoms with Crippen molar-refractivity contribution in [3.63, 3.8) is 0 Å². The van der Waals surface area contributed by atoms with Gasteiger partial charge in [0.2, 0.25) is 10.0 Å². The molecule has 0 saturated carbocycles. The fourth-order valence-corrected chi connectivity index (χ4v) is 5.41. The summed E-state index contributed by atoms with van der Waals surface area (Å²) in [5.41, 5.74) is 3.67. The molecule has 0 bridgehead atoms. The van der Waals surface area contributed by atoms with E-state index in [1.54, 1.807) is 6.20 Å². The molecular formula is C16H20N2O3S2. The molecule has 23 heavy (non-hydrogen) atoms. The van der Waals surface area contributed by atoms with Crippen LogP contribution < -0.4 is 4.74 Å². The average molecular weight is 352 g/mol. The quantitative estimate of drug-likeness (QED) is 0.849. The maximum absolute atomic E-state index is 13.0. The average Bonchev–Trinajstić information content (AvgIpc) is 2.93. The molecule has 0 spiro atoms. The minimum Gasteiger partial charge on any atom is -0.464 e. The molecule has 5 nitrogen and oxygen atoms in total. The van der Waals surface area contributed by atoms with E-state index >= 15 is 0 Å². The summed E-state index contributed by atoms with van der Waals surface area (Å²) in [6, 6.07) is 2.04. The van der Waals surface area contributed by atoms with Gasteiger partial charge in [0, 0.05) is 11.6 Å². The molecule has 7 heteroatoms. The molecule has 0 atom stereocenters. The van der Waals surface area contributed by atoms with E-state index in [2.05, 4.69) is 4.98 Å². The molecular weight excluding hydrogens is 332 g/mol. The SMILES string of the molecule is Cc1cc(C)c(C)c(S(=O)(=O)N2CC(Oc3nccs3)C2)c1C. The Morgan fingerprint density at radius 3 is 2.30 bits per heavy atom. The summed E-state index contributed by atoms with van der Waals surface area (Å²) < 4.78 is 33.1. The van der Waals surface area contributed by atoms with Crippen LogP contribution in [0.15, 0.2) is 22.5 Å². The second kappa shape index (κ2) is 5.89. The van der Waals surface area contributed by atoms with Crippen LogP contribution in [0.2, 0.25) is 0 Å². The summed E-state index contributed by atoms with van der Waals surface area (Å²) >= 11 is 1.41. The van der Waals surface area contributed by atoms with Crippen LogP contribution in [0.25, 0.3) is 0 Å². The number of thiazole rings is 1. The number of aryl methyl sites for hydroxylation is 2. The van der Waals surface area contributed by atoms with Crippen LogP contribution in [0.1, 0.15) is 22.3 Å². The molecule has 3 rings (SSSR count). The van der Waals surface area contributed by atoms with Crippen molar-refractivity contribution in [1.82, 2.24) is 9.29 Å². The molecule has 1 saturated heterocycles. The van der Waals surface area contributed by atoms with Gasteiger partial charge in [-0.2, -0.15) is 4.31 Å². The summed E-state index contributed by atoms with van der Waals surface area (Å²) in [5.74, 6) is 0. The lowest BCUT2D eigenvalue weighted by atomic mass is 10.0. The van der Waals surface area contributed by atoms with Crippen molar-refractivity contribution in [2.75, 3.05) is 13.1 Å². The third kappa shape index (κ3) is 2.88. The number of aromatic nitrogens is 1. The van der Waals surface area contributed by atoms with Crippen LogP contribution in [0, 0.1) is 27.7 Å². The van der Waals surface area contributed by atoms with E-state index < -0.39 is 10.0 Å². The first-order valence-electron chi connectivity index (χ1n) is 7.44. The number of sulfonamides is 1. The topological polar surface area (TPSA) is 59.5 Å². The van der Waals surface area contributed by atoms with Crippen molar-refractivity contribution in [3.8, 4) is 5.19 Å². The number of hydrogen-bond donors (Lipinski definition) is 0. The number of rotatable bonds is 4. The highest BCUT2D eigenvalue weighted by Gasteiger charge is 2.40. The lowest BCUT2D eigenvalue weighted by Gasteiger charge is -2.37. The van der Waals surface area contributed by atoms with Gasteiger partial charge in [-0.1, -0.05) is 17.4 Å². The van der Waals surface area contributed by atoms with E-state index in [-0.39, 0.29) is 6.10 Å². The van der Waals surface area contributed by atoms with E-state index in [0.717, 1.165) is 22.3 Å². The van der Waals surface area contributed by atoms with Gasteiger partial charge in [0.25, 0.3) is 5.19 Å². The number of benzene rings is 1. The smallest absolute Gasteiger partial charge is 0.273 e. The van der Waals surface area contributed by atoms with Crippen molar-refractivity contribution >= 4 is 21.4 Å². The Bertz CT molecular complexity index is 797. The maximum Gasteiger partial charge on any atom is 0.273 e. The predicted molar refractivity (Wildman–Crippen MR) is 90.7 cm³/mol. The van der Waals surface area contributed by atoms with Gasteiger partial charge in [0.1, 0.15) is 6.10 Å². The fourth-order valence-electron chi connectivity index (χ4n) is 2.78. The monoisotopic (exact) mass is 352 g/mol. The highest BCUT2D eigenvalue weighted by Crippen LogP contribution is 2.31. The zero-order valence-corrected chi connectivity index (χ0v) is 15.3. The van der Waals surface area contributed by atoms with E-state index in [1.807, 2.05) is 39.1 Å². The first-order chi connectivity index (χ1) is 10.8. The fraction of sp³-hybridized carbons (Fsp3) is 0.438. The van der Waals surface area contributed by atoms with Gasteiger partial charge in [0.05, 0.1) is 18.0 Å². The van der Waals surface area contributed by atoms with E-state index in [0.29, 0.717) is 23.2 Å². The predicted octanol–water partition coefficient (Wildman–Crippen LogP) is 2.83. The number of hydrogen-bond acceptors (Lipinski definition) is 5. The normalized spacial score (nSPS) is 16.3. The van der Waals surface area contributed by atoms with Crippen LogP contribution in [0.5, 0.6) is 5.19 Å². The Morgan fingerprint density at radius 2 is 1.78 bits per heavy atom. The summed E-state index contributed by atoms with van der Waals surface area (Å²) in [6.07, 6.45) is 1.55. The second-order valence-corrected chi connectivity index (χ2v) is 8.68. The molecule has 2 aromatic rings. The van der Waals surface area contributed by atoms with E-state index in [1.165, 1.54) is 15.6 Å². The van der Waals surface area contributed by atoms with Gasteiger partial charge < -0.3 is 4.74 Å². The van der Waals surface area contributed by atoms with E-state index in [9.17, 15) is 8.42 Å². The lowest BCUT2D eigenvalue weighted by Crippen LogP contribution is -2.56. The van der Waals surface area contributed by atoms with Gasteiger partial charge in [0.15, 0.2) is 0 Å². The molecule has 1 aromatic heterocycles. The second-order valence-electron chi connectivity index (χ2n) is 5.95. The number of ether oxygens (including phenoxy) is 1. The van der Waals surface area contributed by atoms with Crippen molar-refractivity contribution in [3.05, 3.63) is 39.9 Å². The van der Waals surface area contributed by atoms with Crippen LogP contribution in [0.4, 0.5) is 0 Å². The molecule has 0 N–H and O–H groups in total. The Labute approximate surface area is 141 Å². The number of nitrogens with zero attached hydrogens (tertiary/aromatic N) is 2. The first-order valence-corrected chi connectivity index (χ1v) is 9.76. The van der Waals surface area contributed by atoms with Crippen LogP contribution >= 0.6 is 11.3 Å². The summed E-state index contributed by atoms with van der Waals surface area (Å²) in [4.78, 5) is 4.51. The van der Waals surface area contributed by atoms with Gasteiger partial charge in [-0.15, -0.1) is 0 Å². The van der Waals surface area contributed by atoms with Gasteiger partial charge in [-0.3, -0.25) is 0 Å². The lowest BCUT2D eigenvalue weighted by molar-refractivity contribution is 0.0759. The molecule has 0 amide bonds. The van der Waals surface area contributed by atoms with E-state index in [4.69, 9.17) is 4.74 Å². The molecule has 0 aliphatic carbocycles. The molecule has 1 aliphatic rings. The van der Waals surface area contributed by atoms with Crippen molar-refractivity contribution in [2.45, 2.75) is 38.7 Å². The highest BCUT2D eigenvalue weighted by atomic mass is 32.2. The van der Waals surface area contributed by atoms with Crippen LogP contribution in [0.3, 0.4) is 0 Å². The highest BCUT2D eigenvalue weighted by molar-refractivity contribution is 7.89. The minimum atomic E-state index is -3.48. The first kappa shape index (κ1) is 16.4. The van der Waals surface area contributed by atoms with Crippen molar-refractivity contribution in [2.24, 2.45) is 0 Å². The van der Waals surface area contributed by atoms with Gasteiger partial charge in [-0.25, -0.2) is 13.4 Å². The molecule has 0 radical (unpaired) electrons. The molecule has 2 heterocycles. The maximum atomic E-state index is 13.0. The van der Waals surface area contributed by atoms with Gasteiger partial charge in [-0.05, 0) is 49.9 Å². The Kier molecular flexibility index (Phi) is 4.20. The molecule has 1 aliphatic heterocycles. The van der Waals surface area contributed by atoms with Crippen LogP contribution in [-0.4, -0.2) is 36.9 Å². The van der Waals surface area contributed by atoms with Crippen molar-refractivity contribution in [1.29, 1.82) is 0 Å². The molecule has 124 valence electrons. The Hall–Kier alpha value is -1.44. The minimum absolute atomic E-state index is 0.123. The zero-order chi connectivity index (χ0) is 16.8. The Morgan fingerprint density at radius 1 is 1.17 bits per heavy atom. The van der Waals surface area contributed by atoms with Crippen LogP contribution in [-0.2, 0) is 10.0 Å². The zero-order valence-electron chi connectivity index (χ0n) is 13.7. The summed E-state index contributed by atoms with van der Waals surface area (Å²) in [5, 5.41) is 2.43. The summed E-state index contributed by atoms with van der Waals surface area (Å²) in [7, 11) is -3.48. The molecule has 1 aromatic carbocycles. The van der Waals surface area contributed by atoms with Crippen molar-refractivity contribution < 1.29 is 13.2 Å². The third-order valence-electron chi connectivity index (χ3n) is 4.39. The largest absolute Gasteiger partial charge is 0.464 e. The van der Waals surface area contributed by atoms with Gasteiger partial charge >= 0.3 is 0 Å². The molecule has 0 unspecified atom stereocenters.